The fourth-order valence-electron chi connectivity index (χ4n) is 3.78. The van der Waals surface area contributed by atoms with Gasteiger partial charge < -0.3 is 5.32 Å². The maximum atomic E-state index is 12.8. The number of hydrogen-bond donors (Lipinski definition) is 1. The molecule has 182 valence electrons. The number of nitrogens with zero attached hydrogens (tertiary/aromatic N) is 3. The molecule has 0 aliphatic heterocycles. The molecule has 0 radical (unpaired) electrons. The molecule has 0 spiro atoms. The second-order valence-electron chi connectivity index (χ2n) is 8.10. The van der Waals surface area contributed by atoms with Crippen molar-refractivity contribution in [2.24, 2.45) is 14.1 Å². The van der Waals surface area contributed by atoms with Crippen LogP contribution < -0.4 is 15.3 Å². The average molecular weight is 533 g/mol. The van der Waals surface area contributed by atoms with E-state index in [9.17, 15) is 18.0 Å². The standard InChI is InChI=1S/C24H22Cl2N4O4S/c1-28-19-12-11-17(13-21(19)29(2)24(28)32)27-23(31)16-9-7-15(8-10-16)14-30(35(3,33)34)20-6-4-5-18(25)22(20)26/h4-13H,14H2,1-3H3,(H,27,31). The monoisotopic (exact) mass is 532 g/mol. The van der Waals surface area contributed by atoms with E-state index in [1.807, 2.05) is 0 Å². The van der Waals surface area contributed by atoms with Crippen LogP contribution >= 0.6 is 23.2 Å². The first-order chi connectivity index (χ1) is 16.5. The molecule has 0 aliphatic rings. The molecule has 1 aromatic heterocycles. The minimum Gasteiger partial charge on any atom is -0.322 e. The number of nitrogens with one attached hydrogen (secondary N) is 1. The number of benzene rings is 3. The Kier molecular flexibility index (Phi) is 6.68. The molecule has 0 saturated heterocycles. The number of imidazole rings is 1. The van der Waals surface area contributed by atoms with Gasteiger partial charge in [0, 0.05) is 25.3 Å². The number of carbonyl (C=O) groups is 1. The van der Waals surface area contributed by atoms with Gasteiger partial charge in [-0.2, -0.15) is 0 Å². The van der Waals surface area contributed by atoms with Gasteiger partial charge in [-0.05, 0) is 48.0 Å². The Morgan fingerprint density at radius 2 is 1.63 bits per heavy atom. The second kappa shape index (κ2) is 9.41. The van der Waals surface area contributed by atoms with Crippen molar-refractivity contribution < 1.29 is 13.2 Å². The molecule has 0 fully saturated rings. The third-order valence-corrected chi connectivity index (χ3v) is 7.61. The Balaban J connectivity index is 1.54. The van der Waals surface area contributed by atoms with Gasteiger partial charge >= 0.3 is 5.69 Å². The van der Waals surface area contributed by atoms with E-state index in [0.717, 1.165) is 16.1 Å². The quantitative estimate of drug-likeness (QED) is 0.398. The Hall–Kier alpha value is -3.27. The molecule has 35 heavy (non-hydrogen) atoms. The lowest BCUT2D eigenvalue weighted by Gasteiger charge is -2.24. The number of amides is 1. The van der Waals surface area contributed by atoms with Crippen LogP contribution in [0.15, 0.2) is 65.5 Å². The van der Waals surface area contributed by atoms with Crippen LogP contribution in [0.4, 0.5) is 11.4 Å². The highest BCUT2D eigenvalue weighted by Gasteiger charge is 2.22. The lowest BCUT2D eigenvalue weighted by molar-refractivity contribution is 0.102. The molecule has 8 nitrogen and oxygen atoms in total. The van der Waals surface area contributed by atoms with Gasteiger partial charge in [0.05, 0.1) is 39.6 Å². The van der Waals surface area contributed by atoms with Crippen LogP contribution in [-0.2, 0) is 30.7 Å². The zero-order valence-corrected chi connectivity index (χ0v) is 21.4. The minimum atomic E-state index is -3.66. The molecule has 3 aromatic carbocycles. The normalized spacial score (nSPS) is 11.6. The maximum Gasteiger partial charge on any atom is 0.328 e. The largest absolute Gasteiger partial charge is 0.328 e. The predicted molar refractivity (Wildman–Crippen MR) is 140 cm³/mol. The summed E-state index contributed by atoms with van der Waals surface area (Å²) >= 11 is 12.3. The van der Waals surface area contributed by atoms with E-state index in [1.165, 1.54) is 9.13 Å². The van der Waals surface area contributed by atoms with Crippen LogP contribution in [0, 0.1) is 0 Å². The highest BCUT2D eigenvalue weighted by atomic mass is 35.5. The molecular weight excluding hydrogens is 511 g/mol. The van der Waals surface area contributed by atoms with Crippen LogP contribution in [0.1, 0.15) is 15.9 Å². The summed E-state index contributed by atoms with van der Waals surface area (Å²) < 4.78 is 29.1. The molecule has 0 saturated carbocycles. The zero-order chi connectivity index (χ0) is 25.5. The molecule has 0 unspecified atom stereocenters. The zero-order valence-electron chi connectivity index (χ0n) is 19.1. The van der Waals surface area contributed by atoms with Gasteiger partial charge in [0.1, 0.15) is 0 Å². The predicted octanol–water partition coefficient (Wildman–Crippen LogP) is 4.40. The number of anilines is 2. The minimum absolute atomic E-state index is 0.0134. The molecular formula is C24H22Cl2N4O4S. The molecule has 0 atom stereocenters. The Bertz CT molecular complexity index is 1610. The Labute approximate surface area is 212 Å². The molecule has 4 aromatic rings. The van der Waals surface area contributed by atoms with Crippen molar-refractivity contribution in [3.05, 3.63) is 92.3 Å². The molecule has 1 N–H and O–H groups in total. The number of rotatable bonds is 6. The lowest BCUT2D eigenvalue weighted by Crippen LogP contribution is -2.29. The van der Waals surface area contributed by atoms with Crippen LogP contribution in [-0.4, -0.2) is 29.7 Å². The molecule has 11 heteroatoms. The van der Waals surface area contributed by atoms with Crippen molar-refractivity contribution in [1.82, 2.24) is 9.13 Å². The average Bonchev–Trinajstić information content (AvgIpc) is 3.03. The third kappa shape index (κ3) is 4.93. The van der Waals surface area contributed by atoms with Crippen molar-refractivity contribution in [2.45, 2.75) is 6.54 Å². The van der Waals surface area contributed by atoms with E-state index in [0.29, 0.717) is 22.3 Å². The fraction of sp³-hybridized carbons (Fsp3) is 0.167. The van der Waals surface area contributed by atoms with Gasteiger partial charge in [-0.1, -0.05) is 41.4 Å². The van der Waals surface area contributed by atoms with Crippen molar-refractivity contribution in [1.29, 1.82) is 0 Å². The lowest BCUT2D eigenvalue weighted by atomic mass is 10.1. The van der Waals surface area contributed by atoms with Crippen molar-refractivity contribution in [2.75, 3.05) is 15.9 Å². The van der Waals surface area contributed by atoms with Crippen LogP contribution in [0.5, 0.6) is 0 Å². The number of halogens is 2. The summed E-state index contributed by atoms with van der Waals surface area (Å²) in [5.74, 6) is -0.338. The Morgan fingerprint density at radius 1 is 0.971 bits per heavy atom. The molecule has 1 amide bonds. The Morgan fingerprint density at radius 3 is 2.29 bits per heavy atom. The molecule has 0 bridgehead atoms. The topological polar surface area (TPSA) is 93.4 Å². The smallest absolute Gasteiger partial charge is 0.322 e. The van der Waals surface area contributed by atoms with Crippen molar-refractivity contribution >= 4 is 61.5 Å². The fourth-order valence-corrected chi connectivity index (χ4v) is 5.12. The number of sulfonamides is 1. The molecule has 4 rings (SSSR count). The summed E-state index contributed by atoms with van der Waals surface area (Å²) in [6.45, 7) is 0.0134. The maximum absolute atomic E-state index is 12.8. The first-order valence-electron chi connectivity index (χ1n) is 10.4. The number of aryl methyl sites for hydroxylation is 2. The highest BCUT2D eigenvalue weighted by Crippen LogP contribution is 2.34. The van der Waals surface area contributed by atoms with Crippen LogP contribution in [0.25, 0.3) is 11.0 Å². The van der Waals surface area contributed by atoms with Gasteiger partial charge in [-0.15, -0.1) is 0 Å². The SMILES string of the molecule is Cn1c(=O)n(C)c2cc(NC(=O)c3ccc(CN(c4cccc(Cl)c4Cl)S(C)(=O)=O)cc3)ccc21. The van der Waals surface area contributed by atoms with E-state index in [2.05, 4.69) is 5.32 Å². The van der Waals surface area contributed by atoms with Gasteiger partial charge in [0.2, 0.25) is 10.0 Å². The van der Waals surface area contributed by atoms with E-state index < -0.39 is 10.0 Å². The summed E-state index contributed by atoms with van der Waals surface area (Å²) in [6, 6.07) is 16.6. The van der Waals surface area contributed by atoms with Gasteiger partial charge in [-0.3, -0.25) is 18.2 Å². The van der Waals surface area contributed by atoms with E-state index in [1.54, 1.807) is 74.8 Å². The van der Waals surface area contributed by atoms with Gasteiger partial charge in [0.15, 0.2) is 0 Å². The van der Waals surface area contributed by atoms with Crippen LogP contribution in [0.3, 0.4) is 0 Å². The summed E-state index contributed by atoms with van der Waals surface area (Å²) in [5, 5.41) is 3.22. The number of carbonyl (C=O) groups excluding carboxylic acids is 1. The molecule has 0 aliphatic carbocycles. The number of fused-ring (bicyclic) bond motifs is 1. The first-order valence-corrected chi connectivity index (χ1v) is 13.1. The van der Waals surface area contributed by atoms with Crippen molar-refractivity contribution in [3.8, 4) is 0 Å². The van der Waals surface area contributed by atoms with E-state index in [4.69, 9.17) is 23.2 Å². The second-order valence-corrected chi connectivity index (χ2v) is 10.8. The number of aromatic nitrogens is 2. The van der Waals surface area contributed by atoms with Gasteiger partial charge in [0.25, 0.3) is 5.91 Å². The van der Waals surface area contributed by atoms with E-state index in [-0.39, 0.29) is 33.9 Å². The van der Waals surface area contributed by atoms with Crippen molar-refractivity contribution in [3.63, 3.8) is 0 Å². The number of hydrogen-bond acceptors (Lipinski definition) is 4. The highest BCUT2D eigenvalue weighted by molar-refractivity contribution is 7.92. The molecule has 1 heterocycles. The van der Waals surface area contributed by atoms with E-state index >= 15 is 0 Å². The summed E-state index contributed by atoms with van der Waals surface area (Å²) in [6.07, 6.45) is 1.09. The first kappa shape index (κ1) is 24.8. The third-order valence-electron chi connectivity index (χ3n) is 5.67. The van der Waals surface area contributed by atoms with Gasteiger partial charge in [-0.25, -0.2) is 13.2 Å². The summed E-state index contributed by atoms with van der Waals surface area (Å²) in [5.41, 5.74) is 3.18. The summed E-state index contributed by atoms with van der Waals surface area (Å²) in [4.78, 5) is 24.9. The van der Waals surface area contributed by atoms with Crippen LogP contribution in [0.2, 0.25) is 10.0 Å². The summed E-state index contributed by atoms with van der Waals surface area (Å²) in [7, 11) is -0.298.